The first-order valence-corrected chi connectivity index (χ1v) is 15.1. The van der Waals surface area contributed by atoms with Crippen molar-refractivity contribution >= 4 is 8.32 Å². The Balaban J connectivity index is 1.96. The SMILES string of the molecule is C=CC[C@]1(CO)CC[C@@H](C(=C)C)[C@H](c2ccc(OCCCO[Si](C)(C)C(C)(C)C)cc2)C1. The summed E-state index contributed by atoms with van der Waals surface area (Å²) in [6, 6.07) is 8.57. The van der Waals surface area contributed by atoms with Gasteiger partial charge < -0.3 is 14.3 Å². The van der Waals surface area contributed by atoms with Crippen molar-refractivity contribution in [3.8, 4) is 5.75 Å². The van der Waals surface area contributed by atoms with Crippen molar-refractivity contribution in [2.75, 3.05) is 19.8 Å². The fraction of sp³-hybridized carbons (Fsp3) is 0.643. The molecule has 0 heterocycles. The Labute approximate surface area is 198 Å². The van der Waals surface area contributed by atoms with E-state index >= 15 is 0 Å². The van der Waals surface area contributed by atoms with Gasteiger partial charge >= 0.3 is 0 Å². The van der Waals surface area contributed by atoms with Gasteiger partial charge in [-0.2, -0.15) is 0 Å². The summed E-state index contributed by atoms with van der Waals surface area (Å²) >= 11 is 0. The van der Waals surface area contributed by atoms with Crippen molar-refractivity contribution in [2.45, 2.75) is 83.8 Å². The predicted molar refractivity (Wildman–Crippen MR) is 139 cm³/mol. The van der Waals surface area contributed by atoms with Crippen LogP contribution < -0.4 is 4.74 Å². The maximum atomic E-state index is 10.1. The molecule has 0 saturated heterocycles. The van der Waals surface area contributed by atoms with Crippen LogP contribution in [0.5, 0.6) is 5.75 Å². The molecular weight excluding hydrogens is 412 g/mol. The van der Waals surface area contributed by atoms with Crippen LogP contribution in [0.2, 0.25) is 18.1 Å². The molecule has 1 aliphatic rings. The first-order valence-electron chi connectivity index (χ1n) is 12.2. The number of hydrogen-bond acceptors (Lipinski definition) is 3. The van der Waals surface area contributed by atoms with E-state index in [2.05, 4.69) is 78.2 Å². The van der Waals surface area contributed by atoms with Gasteiger partial charge in [-0.3, -0.25) is 0 Å². The van der Waals surface area contributed by atoms with E-state index < -0.39 is 8.32 Å². The van der Waals surface area contributed by atoms with E-state index in [1.54, 1.807) is 0 Å². The lowest BCUT2D eigenvalue weighted by atomic mass is 9.61. The van der Waals surface area contributed by atoms with Gasteiger partial charge in [-0.05, 0) is 85.7 Å². The third kappa shape index (κ3) is 6.82. The maximum Gasteiger partial charge on any atom is 0.191 e. The molecule has 1 fully saturated rings. The molecule has 32 heavy (non-hydrogen) atoms. The molecule has 0 bridgehead atoms. The van der Waals surface area contributed by atoms with Crippen LogP contribution in [0, 0.1) is 11.3 Å². The molecule has 3 atom stereocenters. The van der Waals surface area contributed by atoms with Crippen LogP contribution in [-0.2, 0) is 4.43 Å². The molecule has 1 saturated carbocycles. The van der Waals surface area contributed by atoms with Gasteiger partial charge in [-0.15, -0.1) is 6.58 Å². The summed E-state index contributed by atoms with van der Waals surface area (Å²) in [6.07, 6.45) is 6.79. The van der Waals surface area contributed by atoms with E-state index in [0.29, 0.717) is 18.4 Å². The third-order valence-electron chi connectivity index (χ3n) is 7.80. The summed E-state index contributed by atoms with van der Waals surface area (Å²) in [6.45, 7) is 23.3. The summed E-state index contributed by atoms with van der Waals surface area (Å²) in [5, 5.41) is 10.4. The minimum atomic E-state index is -1.68. The molecule has 0 radical (unpaired) electrons. The minimum Gasteiger partial charge on any atom is -0.494 e. The second-order valence-corrected chi connectivity index (χ2v) is 16.1. The lowest BCUT2D eigenvalue weighted by Crippen LogP contribution is -2.41. The molecule has 0 unspecified atom stereocenters. The van der Waals surface area contributed by atoms with E-state index in [1.165, 1.54) is 11.1 Å². The van der Waals surface area contributed by atoms with Gasteiger partial charge in [0.05, 0.1) is 6.61 Å². The van der Waals surface area contributed by atoms with Gasteiger partial charge in [0.2, 0.25) is 0 Å². The van der Waals surface area contributed by atoms with Gasteiger partial charge in [-0.25, -0.2) is 0 Å². The largest absolute Gasteiger partial charge is 0.494 e. The van der Waals surface area contributed by atoms with Gasteiger partial charge in [0.25, 0.3) is 0 Å². The Morgan fingerprint density at radius 1 is 1.22 bits per heavy atom. The van der Waals surface area contributed by atoms with Crippen LogP contribution in [0.25, 0.3) is 0 Å². The van der Waals surface area contributed by atoms with Crippen molar-refractivity contribution in [3.05, 3.63) is 54.6 Å². The quantitative estimate of drug-likeness (QED) is 0.212. The van der Waals surface area contributed by atoms with Crippen molar-refractivity contribution in [3.63, 3.8) is 0 Å². The average molecular weight is 459 g/mol. The lowest BCUT2D eigenvalue weighted by Gasteiger charge is -2.44. The molecule has 2 rings (SSSR count). The topological polar surface area (TPSA) is 38.7 Å². The van der Waals surface area contributed by atoms with Crippen LogP contribution in [0.15, 0.2) is 49.1 Å². The van der Waals surface area contributed by atoms with Crippen molar-refractivity contribution in [1.82, 2.24) is 0 Å². The third-order valence-corrected chi connectivity index (χ3v) is 12.3. The molecule has 4 heteroatoms. The second-order valence-electron chi connectivity index (χ2n) is 11.3. The summed E-state index contributed by atoms with van der Waals surface area (Å²) in [5.41, 5.74) is 2.49. The van der Waals surface area contributed by atoms with Gasteiger partial charge in [0, 0.05) is 19.6 Å². The van der Waals surface area contributed by atoms with E-state index in [-0.39, 0.29) is 17.1 Å². The predicted octanol–water partition coefficient (Wildman–Crippen LogP) is 7.49. The zero-order valence-corrected chi connectivity index (χ0v) is 22.4. The van der Waals surface area contributed by atoms with Gasteiger partial charge in [-0.1, -0.05) is 51.1 Å². The Morgan fingerprint density at radius 3 is 2.41 bits per heavy atom. The van der Waals surface area contributed by atoms with Crippen molar-refractivity contribution in [1.29, 1.82) is 0 Å². The highest BCUT2D eigenvalue weighted by Gasteiger charge is 2.40. The van der Waals surface area contributed by atoms with E-state index in [4.69, 9.17) is 9.16 Å². The summed E-state index contributed by atoms with van der Waals surface area (Å²) < 4.78 is 12.2. The number of hydrogen-bond donors (Lipinski definition) is 1. The summed E-state index contributed by atoms with van der Waals surface area (Å²) in [4.78, 5) is 0. The highest BCUT2D eigenvalue weighted by molar-refractivity contribution is 6.74. The Hall–Kier alpha value is -1.36. The van der Waals surface area contributed by atoms with Crippen LogP contribution in [0.3, 0.4) is 0 Å². The maximum absolute atomic E-state index is 10.1. The smallest absolute Gasteiger partial charge is 0.191 e. The fourth-order valence-electron chi connectivity index (χ4n) is 4.62. The number of aliphatic hydroxyl groups excluding tert-OH is 1. The highest BCUT2D eigenvalue weighted by Crippen LogP contribution is 2.51. The van der Waals surface area contributed by atoms with Gasteiger partial charge in [0.1, 0.15) is 5.75 Å². The normalized spacial score (nSPS) is 24.2. The minimum absolute atomic E-state index is 0.0579. The second kappa shape index (κ2) is 11.2. The zero-order valence-electron chi connectivity index (χ0n) is 21.4. The van der Waals surface area contributed by atoms with Crippen molar-refractivity contribution < 1.29 is 14.3 Å². The van der Waals surface area contributed by atoms with Crippen molar-refractivity contribution in [2.24, 2.45) is 11.3 Å². The number of ether oxygens (including phenoxy) is 1. The number of aliphatic hydroxyl groups is 1. The Kier molecular flexibility index (Phi) is 9.39. The first kappa shape index (κ1) is 26.9. The van der Waals surface area contributed by atoms with Crippen LogP contribution in [0.4, 0.5) is 0 Å². The molecule has 1 N–H and O–H groups in total. The fourth-order valence-corrected chi connectivity index (χ4v) is 5.71. The van der Waals surface area contributed by atoms with E-state index in [9.17, 15) is 5.11 Å². The van der Waals surface area contributed by atoms with E-state index in [0.717, 1.165) is 44.5 Å². The number of rotatable bonds is 11. The lowest BCUT2D eigenvalue weighted by molar-refractivity contribution is 0.0604. The summed E-state index contributed by atoms with van der Waals surface area (Å²) in [7, 11) is -1.68. The molecule has 0 amide bonds. The molecule has 0 aliphatic heterocycles. The number of benzene rings is 1. The molecule has 0 spiro atoms. The van der Waals surface area contributed by atoms with Crippen LogP contribution in [0.1, 0.15) is 71.3 Å². The molecule has 180 valence electrons. The average Bonchev–Trinajstić information content (AvgIpc) is 2.73. The zero-order chi connectivity index (χ0) is 24.0. The standard InChI is InChI=1S/C28H46O3Si/c1-9-16-28(21-29)17-15-25(22(2)3)26(20-28)23-11-13-24(14-12-23)30-18-10-19-31-32(7,8)27(4,5)6/h9,11-14,25-26,29H,1-2,10,15-21H2,3-8H3/t25-,26-,28-/m0/s1. The summed E-state index contributed by atoms with van der Waals surface area (Å²) in [5.74, 6) is 1.74. The van der Waals surface area contributed by atoms with Crippen LogP contribution >= 0.6 is 0 Å². The molecule has 1 aromatic rings. The molecule has 1 aromatic carbocycles. The Morgan fingerprint density at radius 2 is 1.88 bits per heavy atom. The van der Waals surface area contributed by atoms with Gasteiger partial charge in [0.15, 0.2) is 8.32 Å². The molecule has 0 aromatic heterocycles. The van der Waals surface area contributed by atoms with E-state index in [1.807, 2.05) is 6.08 Å². The molecule has 1 aliphatic carbocycles. The Bertz CT molecular complexity index is 747. The molecule has 3 nitrogen and oxygen atoms in total. The van der Waals surface area contributed by atoms with Crippen LogP contribution in [-0.4, -0.2) is 33.2 Å². The number of allylic oxidation sites excluding steroid dienone is 2. The molecular formula is C28H46O3Si. The first-order chi connectivity index (χ1) is 14.9. The monoisotopic (exact) mass is 458 g/mol. The highest BCUT2D eigenvalue weighted by atomic mass is 28.4.